The van der Waals surface area contributed by atoms with E-state index in [1.54, 1.807) is 18.4 Å². The largest absolute Gasteiger partial charge is 0.467 e. The molecule has 1 saturated carbocycles. The Morgan fingerprint density at radius 1 is 1.23 bits per heavy atom. The molecule has 5 heteroatoms. The average molecular weight is 306 g/mol. The second-order valence-corrected chi connectivity index (χ2v) is 6.30. The summed E-state index contributed by atoms with van der Waals surface area (Å²) in [6, 6.07) is 3.84. The molecule has 122 valence electrons. The van der Waals surface area contributed by atoms with Gasteiger partial charge in [0.05, 0.1) is 12.8 Å². The molecule has 22 heavy (non-hydrogen) atoms. The number of hydrogen-bond acceptors (Lipinski definition) is 3. The van der Waals surface area contributed by atoms with Gasteiger partial charge in [-0.05, 0) is 30.4 Å². The maximum Gasteiger partial charge on any atom is 0.220 e. The predicted molar refractivity (Wildman–Crippen MR) is 83.9 cm³/mol. The molecule has 1 heterocycles. The zero-order valence-electron chi connectivity index (χ0n) is 13.4. The number of hydrogen-bond donors (Lipinski definition) is 2. The van der Waals surface area contributed by atoms with Gasteiger partial charge < -0.3 is 15.1 Å². The Kier molecular flexibility index (Phi) is 6.04. The molecule has 1 aromatic heterocycles. The van der Waals surface area contributed by atoms with Crippen molar-refractivity contribution in [3.8, 4) is 0 Å². The van der Waals surface area contributed by atoms with E-state index in [1.165, 1.54) is 12.8 Å². The van der Waals surface area contributed by atoms with Crippen molar-refractivity contribution in [3.05, 3.63) is 24.2 Å². The monoisotopic (exact) mass is 306 g/mol. The first-order valence-corrected chi connectivity index (χ1v) is 8.14. The van der Waals surface area contributed by atoms with E-state index in [1.807, 2.05) is 0 Å². The van der Waals surface area contributed by atoms with Gasteiger partial charge in [-0.1, -0.05) is 26.7 Å². The zero-order valence-corrected chi connectivity index (χ0v) is 13.4. The van der Waals surface area contributed by atoms with Crippen LogP contribution in [0.1, 0.15) is 51.7 Å². The van der Waals surface area contributed by atoms with E-state index in [4.69, 9.17) is 4.42 Å². The summed E-state index contributed by atoms with van der Waals surface area (Å²) in [6.45, 7) is 4.81. The lowest BCUT2D eigenvalue weighted by atomic mass is 9.78. The van der Waals surface area contributed by atoms with Crippen LogP contribution >= 0.6 is 0 Å². The summed E-state index contributed by atoms with van der Waals surface area (Å²) in [5.74, 6) is 1.71. The molecular weight excluding hydrogens is 280 g/mol. The first-order chi connectivity index (χ1) is 10.6. The van der Waals surface area contributed by atoms with Crippen molar-refractivity contribution in [3.63, 3.8) is 0 Å². The summed E-state index contributed by atoms with van der Waals surface area (Å²) in [5.41, 5.74) is 0. The van der Waals surface area contributed by atoms with Crippen molar-refractivity contribution >= 4 is 11.8 Å². The SMILES string of the molecule is C[C@@H]1[C@H](C)CCC[C@@H]1NC(=O)CCC(=O)NCc1ccco1. The summed E-state index contributed by atoms with van der Waals surface area (Å²) < 4.78 is 5.14. The molecule has 0 bridgehead atoms. The van der Waals surface area contributed by atoms with E-state index in [0.717, 1.165) is 6.42 Å². The molecule has 1 aliphatic rings. The van der Waals surface area contributed by atoms with Crippen LogP contribution in [-0.2, 0) is 16.1 Å². The first-order valence-electron chi connectivity index (χ1n) is 8.14. The van der Waals surface area contributed by atoms with E-state index in [-0.39, 0.29) is 30.7 Å². The lowest BCUT2D eigenvalue weighted by Gasteiger charge is -2.34. The standard InChI is InChI=1S/C17H26N2O3/c1-12-5-3-7-15(13(12)2)19-17(21)9-8-16(20)18-11-14-6-4-10-22-14/h4,6,10,12-13,15H,3,5,7-9,11H2,1-2H3,(H,18,20)(H,19,21)/t12-,13-,15+/m1/s1. The molecule has 0 radical (unpaired) electrons. The number of carbonyl (C=O) groups is 2. The Morgan fingerprint density at radius 2 is 2.00 bits per heavy atom. The topological polar surface area (TPSA) is 71.3 Å². The maximum absolute atomic E-state index is 12.0. The van der Waals surface area contributed by atoms with Crippen LogP contribution in [0.5, 0.6) is 0 Å². The van der Waals surface area contributed by atoms with Gasteiger partial charge in [-0.2, -0.15) is 0 Å². The summed E-state index contributed by atoms with van der Waals surface area (Å²) in [4.78, 5) is 23.7. The Labute approximate surface area is 131 Å². The van der Waals surface area contributed by atoms with Crippen molar-refractivity contribution in [2.24, 2.45) is 11.8 Å². The van der Waals surface area contributed by atoms with Crippen LogP contribution in [0.15, 0.2) is 22.8 Å². The van der Waals surface area contributed by atoms with Crippen LogP contribution in [0.25, 0.3) is 0 Å². The van der Waals surface area contributed by atoms with Gasteiger partial charge in [0.15, 0.2) is 0 Å². The third-order valence-electron chi connectivity index (χ3n) is 4.67. The fourth-order valence-corrected chi connectivity index (χ4v) is 2.98. The molecule has 0 spiro atoms. The first kappa shape index (κ1) is 16.6. The van der Waals surface area contributed by atoms with Crippen LogP contribution in [0.2, 0.25) is 0 Å². The van der Waals surface area contributed by atoms with Crippen molar-refractivity contribution in [2.75, 3.05) is 0 Å². The molecule has 0 aliphatic heterocycles. The average Bonchev–Trinajstić information content (AvgIpc) is 3.01. The normalized spacial score (nSPS) is 24.7. The van der Waals surface area contributed by atoms with Crippen LogP contribution in [0.4, 0.5) is 0 Å². The Morgan fingerprint density at radius 3 is 2.73 bits per heavy atom. The van der Waals surface area contributed by atoms with E-state index in [9.17, 15) is 9.59 Å². The van der Waals surface area contributed by atoms with E-state index >= 15 is 0 Å². The van der Waals surface area contributed by atoms with Gasteiger partial charge in [0, 0.05) is 18.9 Å². The summed E-state index contributed by atoms with van der Waals surface area (Å²) in [7, 11) is 0. The molecule has 5 nitrogen and oxygen atoms in total. The van der Waals surface area contributed by atoms with Crippen molar-refractivity contribution in [1.29, 1.82) is 0 Å². The highest BCUT2D eigenvalue weighted by Gasteiger charge is 2.28. The molecule has 1 fully saturated rings. The maximum atomic E-state index is 12.0. The summed E-state index contributed by atoms with van der Waals surface area (Å²) >= 11 is 0. The van der Waals surface area contributed by atoms with Gasteiger partial charge in [-0.3, -0.25) is 9.59 Å². The third-order valence-corrected chi connectivity index (χ3v) is 4.67. The Bertz CT molecular complexity index is 484. The molecule has 2 rings (SSSR count). The van der Waals surface area contributed by atoms with Crippen LogP contribution in [0.3, 0.4) is 0 Å². The minimum absolute atomic E-state index is 0.0286. The van der Waals surface area contributed by atoms with Gasteiger partial charge in [0.25, 0.3) is 0 Å². The van der Waals surface area contributed by atoms with E-state index in [0.29, 0.717) is 24.1 Å². The highest BCUT2D eigenvalue weighted by Crippen LogP contribution is 2.29. The molecule has 1 aliphatic carbocycles. The van der Waals surface area contributed by atoms with Gasteiger partial charge >= 0.3 is 0 Å². The lowest BCUT2D eigenvalue weighted by molar-refractivity contribution is -0.127. The highest BCUT2D eigenvalue weighted by molar-refractivity contribution is 5.83. The van der Waals surface area contributed by atoms with Gasteiger partial charge in [0.1, 0.15) is 5.76 Å². The summed E-state index contributed by atoms with van der Waals surface area (Å²) in [5, 5.41) is 5.83. The second-order valence-electron chi connectivity index (χ2n) is 6.30. The van der Waals surface area contributed by atoms with Crippen LogP contribution in [-0.4, -0.2) is 17.9 Å². The molecule has 0 unspecified atom stereocenters. The number of carbonyl (C=O) groups excluding carboxylic acids is 2. The number of nitrogens with one attached hydrogen (secondary N) is 2. The lowest BCUT2D eigenvalue weighted by Crippen LogP contribution is -2.43. The molecule has 3 atom stereocenters. The zero-order chi connectivity index (χ0) is 15.9. The second kappa shape index (κ2) is 8.01. The predicted octanol–water partition coefficient (Wildman–Crippen LogP) is 2.62. The van der Waals surface area contributed by atoms with Crippen molar-refractivity contribution in [1.82, 2.24) is 10.6 Å². The molecule has 1 aromatic rings. The van der Waals surface area contributed by atoms with Gasteiger partial charge in [-0.15, -0.1) is 0 Å². The summed E-state index contributed by atoms with van der Waals surface area (Å²) in [6.07, 6.45) is 5.47. The highest BCUT2D eigenvalue weighted by atomic mass is 16.3. The Hall–Kier alpha value is -1.78. The number of rotatable bonds is 6. The van der Waals surface area contributed by atoms with Crippen LogP contribution < -0.4 is 10.6 Å². The fraction of sp³-hybridized carbons (Fsp3) is 0.647. The van der Waals surface area contributed by atoms with E-state index in [2.05, 4.69) is 24.5 Å². The van der Waals surface area contributed by atoms with Crippen molar-refractivity contribution in [2.45, 2.75) is 58.5 Å². The fourth-order valence-electron chi connectivity index (χ4n) is 2.98. The molecule has 0 saturated heterocycles. The number of furan rings is 1. The molecule has 2 N–H and O–H groups in total. The van der Waals surface area contributed by atoms with Gasteiger partial charge in [-0.25, -0.2) is 0 Å². The molecule has 2 amide bonds. The molecular formula is C17H26N2O3. The van der Waals surface area contributed by atoms with Crippen LogP contribution in [0, 0.1) is 11.8 Å². The van der Waals surface area contributed by atoms with E-state index < -0.39 is 0 Å². The van der Waals surface area contributed by atoms with Gasteiger partial charge in [0.2, 0.25) is 11.8 Å². The smallest absolute Gasteiger partial charge is 0.220 e. The Balaban J connectivity index is 1.65. The quantitative estimate of drug-likeness (QED) is 0.848. The third kappa shape index (κ3) is 4.90. The van der Waals surface area contributed by atoms with Crippen molar-refractivity contribution < 1.29 is 14.0 Å². The number of amides is 2. The minimum Gasteiger partial charge on any atom is -0.467 e. The molecule has 0 aromatic carbocycles. The minimum atomic E-state index is -0.128.